The lowest BCUT2D eigenvalue weighted by atomic mass is 10.1. The van der Waals surface area contributed by atoms with Crippen LogP contribution in [0.4, 0.5) is 34.3 Å². The monoisotopic (exact) mass is 457 g/mol. The summed E-state index contributed by atoms with van der Waals surface area (Å²) in [5, 5.41) is 10.2. The fourth-order valence-corrected chi connectivity index (χ4v) is 3.53. The van der Waals surface area contributed by atoms with Gasteiger partial charge in [-0.25, -0.2) is 9.83 Å². The first-order valence-corrected chi connectivity index (χ1v) is 10.8. The molecular weight excluding hydrogens is 438 g/mol. The van der Waals surface area contributed by atoms with Gasteiger partial charge in [-0.05, 0) is 60.7 Å². The standard InChI is InChI=1S/C27H19N7O/c1-28-20-6-7-24-23(16-20)25(11-14-30-24)34-26-8-5-18(17-31-26)27(35)33-22-4-2-3-21(15-22)32-19-9-12-29-13-10-19/h2-17H,(H,29,32)(H,33,35)(H,30,31,34). The maximum Gasteiger partial charge on any atom is 0.257 e. The van der Waals surface area contributed by atoms with Gasteiger partial charge in [0.25, 0.3) is 5.91 Å². The highest BCUT2D eigenvalue weighted by molar-refractivity contribution is 6.04. The van der Waals surface area contributed by atoms with Crippen LogP contribution in [0.5, 0.6) is 0 Å². The van der Waals surface area contributed by atoms with Crippen molar-refractivity contribution in [2.24, 2.45) is 0 Å². The average molecular weight is 457 g/mol. The molecule has 5 rings (SSSR count). The van der Waals surface area contributed by atoms with Crippen LogP contribution in [-0.4, -0.2) is 20.9 Å². The summed E-state index contributed by atoms with van der Waals surface area (Å²) in [5.74, 6) is 0.312. The van der Waals surface area contributed by atoms with Crippen LogP contribution in [0, 0.1) is 6.57 Å². The van der Waals surface area contributed by atoms with Crippen LogP contribution < -0.4 is 16.0 Å². The number of nitrogens with one attached hydrogen (secondary N) is 3. The molecule has 0 saturated carbocycles. The molecule has 0 radical (unpaired) electrons. The minimum absolute atomic E-state index is 0.263. The molecule has 3 N–H and O–H groups in total. The van der Waals surface area contributed by atoms with E-state index < -0.39 is 0 Å². The van der Waals surface area contributed by atoms with E-state index in [2.05, 4.69) is 35.7 Å². The molecule has 35 heavy (non-hydrogen) atoms. The summed E-state index contributed by atoms with van der Waals surface area (Å²) in [6, 6.07) is 21.8. The van der Waals surface area contributed by atoms with E-state index in [4.69, 9.17) is 6.57 Å². The van der Waals surface area contributed by atoms with E-state index in [1.165, 1.54) is 6.20 Å². The Balaban J connectivity index is 1.28. The van der Waals surface area contributed by atoms with E-state index in [9.17, 15) is 4.79 Å². The number of hydrogen-bond donors (Lipinski definition) is 3. The number of hydrogen-bond acceptors (Lipinski definition) is 6. The molecule has 0 bridgehead atoms. The van der Waals surface area contributed by atoms with Crippen molar-refractivity contribution in [1.82, 2.24) is 15.0 Å². The maximum atomic E-state index is 12.8. The van der Waals surface area contributed by atoms with Gasteiger partial charge in [0.15, 0.2) is 5.69 Å². The molecule has 0 aliphatic rings. The Hall–Kier alpha value is -5.29. The first kappa shape index (κ1) is 21.6. The van der Waals surface area contributed by atoms with Crippen molar-refractivity contribution in [1.29, 1.82) is 0 Å². The molecule has 0 fully saturated rings. The maximum absolute atomic E-state index is 12.8. The van der Waals surface area contributed by atoms with E-state index >= 15 is 0 Å². The molecule has 0 spiro atoms. The molecule has 8 heteroatoms. The topological polar surface area (TPSA) is 96.2 Å². The smallest absolute Gasteiger partial charge is 0.257 e. The zero-order chi connectivity index (χ0) is 24.0. The number of fused-ring (bicyclic) bond motifs is 1. The summed E-state index contributed by atoms with van der Waals surface area (Å²) >= 11 is 0. The number of rotatable bonds is 6. The van der Waals surface area contributed by atoms with Crippen LogP contribution in [0.3, 0.4) is 0 Å². The van der Waals surface area contributed by atoms with Crippen LogP contribution in [0.2, 0.25) is 0 Å². The molecular formula is C27H19N7O. The summed E-state index contributed by atoms with van der Waals surface area (Å²) in [6.45, 7) is 7.25. The van der Waals surface area contributed by atoms with Gasteiger partial charge in [0.1, 0.15) is 5.82 Å². The molecule has 0 unspecified atom stereocenters. The summed E-state index contributed by atoms with van der Waals surface area (Å²) in [4.78, 5) is 29.0. The zero-order valence-electron chi connectivity index (χ0n) is 18.4. The number of pyridine rings is 3. The second kappa shape index (κ2) is 9.68. The van der Waals surface area contributed by atoms with E-state index in [1.54, 1.807) is 42.9 Å². The first-order valence-electron chi connectivity index (χ1n) is 10.8. The third kappa shape index (κ3) is 5.05. The summed E-state index contributed by atoms with van der Waals surface area (Å²) in [6.07, 6.45) is 6.63. The van der Waals surface area contributed by atoms with Crippen LogP contribution in [-0.2, 0) is 0 Å². The molecule has 2 aromatic carbocycles. The number of anilines is 5. The minimum Gasteiger partial charge on any atom is -0.355 e. The molecule has 0 atom stereocenters. The lowest BCUT2D eigenvalue weighted by Gasteiger charge is -2.11. The SMILES string of the molecule is [C-]#[N+]c1ccc2nccc(Nc3ccc(C(=O)Nc4cccc(Nc5ccncc5)c4)cn3)c2c1. The number of benzene rings is 2. The first-order chi connectivity index (χ1) is 17.2. The summed E-state index contributed by atoms with van der Waals surface area (Å²) in [5.41, 5.74) is 4.94. The van der Waals surface area contributed by atoms with Crippen molar-refractivity contribution < 1.29 is 4.79 Å². The fraction of sp³-hybridized carbons (Fsp3) is 0. The van der Waals surface area contributed by atoms with Gasteiger partial charge in [0, 0.05) is 52.9 Å². The van der Waals surface area contributed by atoms with Crippen LogP contribution >= 0.6 is 0 Å². The van der Waals surface area contributed by atoms with Gasteiger partial charge >= 0.3 is 0 Å². The predicted molar refractivity (Wildman–Crippen MR) is 137 cm³/mol. The molecule has 1 amide bonds. The second-order valence-electron chi connectivity index (χ2n) is 7.62. The highest BCUT2D eigenvalue weighted by atomic mass is 16.1. The van der Waals surface area contributed by atoms with Crippen molar-refractivity contribution in [3.05, 3.63) is 115 Å². The van der Waals surface area contributed by atoms with Gasteiger partial charge < -0.3 is 16.0 Å². The molecule has 0 aliphatic carbocycles. The Bertz CT molecular complexity index is 1540. The Morgan fingerprint density at radius 2 is 1.66 bits per heavy atom. The van der Waals surface area contributed by atoms with Gasteiger partial charge in [-0.1, -0.05) is 12.1 Å². The highest BCUT2D eigenvalue weighted by Gasteiger charge is 2.09. The summed E-state index contributed by atoms with van der Waals surface area (Å²) < 4.78 is 0. The van der Waals surface area contributed by atoms with E-state index in [-0.39, 0.29) is 5.91 Å². The van der Waals surface area contributed by atoms with Crippen molar-refractivity contribution >= 4 is 51.1 Å². The van der Waals surface area contributed by atoms with Crippen molar-refractivity contribution in [3.8, 4) is 0 Å². The van der Waals surface area contributed by atoms with Crippen molar-refractivity contribution in [3.63, 3.8) is 0 Å². The van der Waals surface area contributed by atoms with E-state index in [1.807, 2.05) is 48.5 Å². The van der Waals surface area contributed by atoms with Gasteiger partial charge in [0.2, 0.25) is 0 Å². The average Bonchev–Trinajstić information content (AvgIpc) is 2.90. The Labute approximate surface area is 201 Å². The second-order valence-corrected chi connectivity index (χ2v) is 7.62. The largest absolute Gasteiger partial charge is 0.355 e. The quantitative estimate of drug-likeness (QED) is 0.258. The Kier molecular flexibility index (Phi) is 5.96. The minimum atomic E-state index is -0.263. The third-order valence-electron chi connectivity index (χ3n) is 5.23. The van der Waals surface area contributed by atoms with Gasteiger partial charge in [0.05, 0.1) is 17.7 Å². The lowest BCUT2D eigenvalue weighted by molar-refractivity contribution is 0.102. The van der Waals surface area contributed by atoms with Crippen molar-refractivity contribution in [2.45, 2.75) is 0 Å². The normalized spacial score (nSPS) is 10.4. The Morgan fingerprint density at radius 1 is 0.800 bits per heavy atom. The highest BCUT2D eigenvalue weighted by Crippen LogP contribution is 2.28. The molecule has 5 aromatic rings. The van der Waals surface area contributed by atoms with Crippen LogP contribution in [0.1, 0.15) is 10.4 Å². The van der Waals surface area contributed by atoms with Gasteiger partial charge in [-0.2, -0.15) is 0 Å². The summed E-state index contributed by atoms with van der Waals surface area (Å²) in [7, 11) is 0. The molecule has 3 heterocycles. The number of carbonyl (C=O) groups excluding carboxylic acids is 1. The molecule has 168 valence electrons. The fourth-order valence-electron chi connectivity index (χ4n) is 3.53. The molecule has 3 aromatic heterocycles. The molecule has 8 nitrogen and oxygen atoms in total. The predicted octanol–water partition coefficient (Wildman–Crippen LogP) is 6.32. The number of nitrogens with zero attached hydrogens (tertiary/aromatic N) is 4. The third-order valence-corrected chi connectivity index (χ3v) is 5.23. The number of aromatic nitrogens is 3. The van der Waals surface area contributed by atoms with Crippen molar-refractivity contribution in [2.75, 3.05) is 16.0 Å². The lowest BCUT2D eigenvalue weighted by Crippen LogP contribution is -2.12. The van der Waals surface area contributed by atoms with Crippen LogP contribution in [0.15, 0.2) is 97.6 Å². The number of amides is 1. The number of carbonyl (C=O) groups is 1. The van der Waals surface area contributed by atoms with Gasteiger partial charge in [-0.15, -0.1) is 0 Å². The zero-order valence-corrected chi connectivity index (χ0v) is 18.4. The van der Waals surface area contributed by atoms with E-state index in [0.717, 1.165) is 28.0 Å². The van der Waals surface area contributed by atoms with Crippen LogP contribution in [0.25, 0.3) is 15.7 Å². The molecule has 0 aliphatic heterocycles. The van der Waals surface area contributed by atoms with E-state index in [0.29, 0.717) is 22.8 Å². The molecule has 0 saturated heterocycles. The van der Waals surface area contributed by atoms with Gasteiger partial charge in [-0.3, -0.25) is 14.8 Å². The Morgan fingerprint density at radius 3 is 2.46 bits per heavy atom.